The van der Waals surface area contributed by atoms with Crippen LogP contribution in [0.2, 0.25) is 0 Å². The molecule has 3 aromatic carbocycles. The van der Waals surface area contributed by atoms with E-state index in [9.17, 15) is 14.0 Å². The maximum Gasteiger partial charge on any atom is 0.253 e. The van der Waals surface area contributed by atoms with Gasteiger partial charge in [-0.15, -0.1) is 0 Å². The maximum absolute atomic E-state index is 14.2. The lowest BCUT2D eigenvalue weighted by Gasteiger charge is -2.21. The summed E-state index contributed by atoms with van der Waals surface area (Å²) < 4.78 is 14.2. The molecule has 3 aromatic rings. The Balaban J connectivity index is 1.86. The molecule has 0 aliphatic heterocycles. The Labute approximate surface area is 150 Å². The third kappa shape index (κ3) is 4.13. The van der Waals surface area contributed by atoms with Crippen molar-refractivity contribution in [3.05, 3.63) is 107 Å². The number of hydrogen-bond acceptors (Lipinski definition) is 2. The number of carbonyl (C=O) groups is 2. The number of benzene rings is 3. The number of amides is 2. The topological polar surface area (TPSA) is 58.2 Å². The van der Waals surface area contributed by atoms with Crippen LogP contribution in [-0.4, -0.2) is 11.8 Å². The average Bonchev–Trinajstić information content (AvgIpc) is 2.69. The van der Waals surface area contributed by atoms with E-state index < -0.39 is 23.8 Å². The molecule has 130 valence electrons. The highest BCUT2D eigenvalue weighted by Gasteiger charge is 2.21. The summed E-state index contributed by atoms with van der Waals surface area (Å²) in [5, 5.41) is 5.36. The molecular weight excluding hydrogens is 331 g/mol. The fourth-order valence-electron chi connectivity index (χ4n) is 2.51. The number of carbonyl (C=O) groups excluding carboxylic acids is 2. The summed E-state index contributed by atoms with van der Waals surface area (Å²) in [6.45, 7) is 0. The molecule has 0 saturated carbocycles. The summed E-state index contributed by atoms with van der Waals surface area (Å²) in [6, 6.07) is 23.1. The second-order valence-electron chi connectivity index (χ2n) is 5.63. The van der Waals surface area contributed by atoms with Crippen LogP contribution >= 0.6 is 0 Å². The van der Waals surface area contributed by atoms with Gasteiger partial charge in [0.25, 0.3) is 11.8 Å². The molecule has 5 heteroatoms. The minimum absolute atomic E-state index is 0.182. The monoisotopic (exact) mass is 348 g/mol. The molecule has 0 radical (unpaired) electrons. The van der Waals surface area contributed by atoms with Crippen LogP contribution in [0.15, 0.2) is 84.9 Å². The Bertz CT molecular complexity index is 845. The van der Waals surface area contributed by atoms with E-state index in [0.29, 0.717) is 11.1 Å². The van der Waals surface area contributed by atoms with Gasteiger partial charge in [0.2, 0.25) is 0 Å². The van der Waals surface area contributed by atoms with E-state index in [1.807, 2.05) is 0 Å². The second kappa shape index (κ2) is 8.07. The van der Waals surface area contributed by atoms with Crippen molar-refractivity contribution >= 4 is 11.8 Å². The van der Waals surface area contributed by atoms with E-state index in [2.05, 4.69) is 10.6 Å². The van der Waals surface area contributed by atoms with Crippen LogP contribution in [0.1, 0.15) is 32.4 Å². The molecule has 26 heavy (non-hydrogen) atoms. The summed E-state index contributed by atoms with van der Waals surface area (Å²) in [7, 11) is 0. The summed E-state index contributed by atoms with van der Waals surface area (Å²) >= 11 is 0. The van der Waals surface area contributed by atoms with Crippen molar-refractivity contribution in [3.63, 3.8) is 0 Å². The van der Waals surface area contributed by atoms with Gasteiger partial charge in [0.15, 0.2) is 0 Å². The summed E-state index contributed by atoms with van der Waals surface area (Å²) in [5.41, 5.74) is 1.02. The van der Waals surface area contributed by atoms with Crippen LogP contribution in [0.5, 0.6) is 0 Å². The van der Waals surface area contributed by atoms with E-state index in [4.69, 9.17) is 0 Å². The van der Waals surface area contributed by atoms with Gasteiger partial charge in [0.05, 0.1) is 0 Å². The number of hydrogen-bond donors (Lipinski definition) is 2. The van der Waals surface area contributed by atoms with Gasteiger partial charge in [0, 0.05) is 16.7 Å². The zero-order valence-electron chi connectivity index (χ0n) is 13.9. The van der Waals surface area contributed by atoms with Crippen LogP contribution in [0, 0.1) is 5.82 Å². The molecule has 3 rings (SSSR count). The SMILES string of the molecule is O=C(NC(NC(=O)c1ccccc1)c1ccccc1F)c1ccccc1. The summed E-state index contributed by atoms with van der Waals surface area (Å²) in [5.74, 6) is -1.33. The van der Waals surface area contributed by atoms with Crippen LogP contribution < -0.4 is 10.6 Å². The molecule has 0 unspecified atom stereocenters. The summed E-state index contributed by atoms with van der Waals surface area (Å²) in [6.07, 6.45) is -1.00. The zero-order chi connectivity index (χ0) is 18.4. The summed E-state index contributed by atoms with van der Waals surface area (Å²) in [4.78, 5) is 24.9. The standard InChI is InChI=1S/C21H17FN2O2/c22-18-14-8-7-13-17(18)19(23-20(25)15-9-3-1-4-10-15)24-21(26)16-11-5-2-6-12-16/h1-14,19H,(H,23,25)(H,24,26). The molecule has 2 N–H and O–H groups in total. The fraction of sp³-hybridized carbons (Fsp3) is 0.0476. The highest BCUT2D eigenvalue weighted by Crippen LogP contribution is 2.16. The number of halogens is 1. The predicted octanol–water partition coefficient (Wildman–Crippen LogP) is 3.68. The van der Waals surface area contributed by atoms with Gasteiger partial charge in [-0.3, -0.25) is 9.59 Å². The Morgan fingerprint density at radius 2 is 1.08 bits per heavy atom. The van der Waals surface area contributed by atoms with E-state index >= 15 is 0 Å². The third-order valence-electron chi connectivity index (χ3n) is 3.84. The Hall–Kier alpha value is -3.47. The molecule has 2 amide bonds. The maximum atomic E-state index is 14.2. The van der Waals surface area contributed by atoms with Gasteiger partial charge in [0.1, 0.15) is 12.0 Å². The molecule has 0 aromatic heterocycles. The van der Waals surface area contributed by atoms with E-state index in [0.717, 1.165) is 0 Å². The first-order chi connectivity index (χ1) is 12.6. The van der Waals surface area contributed by atoms with Gasteiger partial charge in [-0.05, 0) is 30.3 Å². The smallest absolute Gasteiger partial charge is 0.253 e. The number of nitrogens with one attached hydrogen (secondary N) is 2. The highest BCUT2D eigenvalue weighted by atomic mass is 19.1. The Kier molecular flexibility index (Phi) is 5.39. The molecule has 0 saturated heterocycles. The van der Waals surface area contributed by atoms with Crippen molar-refractivity contribution in [2.45, 2.75) is 6.17 Å². The minimum atomic E-state index is -1.00. The molecule has 0 fully saturated rings. The van der Waals surface area contributed by atoms with Crippen molar-refractivity contribution in [2.75, 3.05) is 0 Å². The zero-order valence-corrected chi connectivity index (χ0v) is 13.9. The molecule has 0 bridgehead atoms. The molecule has 0 heterocycles. The normalized spacial score (nSPS) is 10.4. The van der Waals surface area contributed by atoms with Crippen molar-refractivity contribution in [1.82, 2.24) is 10.6 Å². The van der Waals surface area contributed by atoms with E-state index in [-0.39, 0.29) is 5.56 Å². The first-order valence-corrected chi connectivity index (χ1v) is 8.11. The average molecular weight is 348 g/mol. The molecular formula is C21H17FN2O2. The van der Waals surface area contributed by atoms with Crippen molar-refractivity contribution in [3.8, 4) is 0 Å². The Morgan fingerprint density at radius 3 is 1.54 bits per heavy atom. The lowest BCUT2D eigenvalue weighted by Crippen LogP contribution is -2.41. The van der Waals surface area contributed by atoms with Gasteiger partial charge >= 0.3 is 0 Å². The van der Waals surface area contributed by atoms with Gasteiger partial charge in [-0.2, -0.15) is 0 Å². The van der Waals surface area contributed by atoms with Crippen LogP contribution in [0.4, 0.5) is 4.39 Å². The molecule has 0 aliphatic carbocycles. The lowest BCUT2D eigenvalue weighted by atomic mass is 10.1. The first kappa shape index (κ1) is 17.4. The van der Waals surface area contributed by atoms with Crippen LogP contribution in [0.3, 0.4) is 0 Å². The van der Waals surface area contributed by atoms with Gasteiger partial charge in [-0.1, -0.05) is 54.6 Å². The molecule has 0 atom stereocenters. The third-order valence-corrected chi connectivity index (χ3v) is 3.84. The molecule has 0 aliphatic rings. The minimum Gasteiger partial charge on any atom is -0.328 e. The van der Waals surface area contributed by atoms with Crippen molar-refractivity contribution < 1.29 is 14.0 Å². The van der Waals surface area contributed by atoms with E-state index in [1.54, 1.807) is 72.8 Å². The molecule has 0 spiro atoms. The second-order valence-corrected chi connectivity index (χ2v) is 5.63. The van der Waals surface area contributed by atoms with Crippen molar-refractivity contribution in [2.24, 2.45) is 0 Å². The van der Waals surface area contributed by atoms with Crippen LogP contribution in [0.25, 0.3) is 0 Å². The van der Waals surface area contributed by atoms with Gasteiger partial charge < -0.3 is 10.6 Å². The first-order valence-electron chi connectivity index (χ1n) is 8.11. The highest BCUT2D eigenvalue weighted by molar-refractivity contribution is 5.96. The predicted molar refractivity (Wildman–Crippen MR) is 97.0 cm³/mol. The Morgan fingerprint density at radius 1 is 0.654 bits per heavy atom. The van der Waals surface area contributed by atoms with Crippen LogP contribution in [-0.2, 0) is 0 Å². The fourth-order valence-corrected chi connectivity index (χ4v) is 2.51. The van der Waals surface area contributed by atoms with Gasteiger partial charge in [-0.25, -0.2) is 4.39 Å². The van der Waals surface area contributed by atoms with E-state index in [1.165, 1.54) is 12.1 Å². The molecule has 4 nitrogen and oxygen atoms in total. The quantitative estimate of drug-likeness (QED) is 0.691. The largest absolute Gasteiger partial charge is 0.328 e. The lowest BCUT2D eigenvalue weighted by molar-refractivity contribution is 0.0882. The van der Waals surface area contributed by atoms with Crippen molar-refractivity contribution in [1.29, 1.82) is 0 Å². The number of rotatable bonds is 5.